The molecule has 12 atom stereocenters. The molecule has 272 valence electrons. The molecule has 0 radical (unpaired) electrons. The van der Waals surface area contributed by atoms with Crippen LogP contribution in [-0.2, 0) is 33.3 Å². The molecule has 5 aliphatic carbocycles. The minimum atomic E-state index is -0.780. The third-order valence-corrected chi connectivity index (χ3v) is 14.3. The monoisotopic (exact) mass is 671 g/mol. The molecule has 3 unspecified atom stereocenters. The normalized spacial score (nSPS) is 41.4. The van der Waals surface area contributed by atoms with E-state index in [1.54, 1.807) is 14.2 Å². The summed E-state index contributed by atoms with van der Waals surface area (Å²) in [6, 6.07) is 0.00968. The maximum atomic E-state index is 13.9. The highest BCUT2D eigenvalue weighted by molar-refractivity contribution is 5.72. The molecule has 6 rings (SSSR count). The van der Waals surface area contributed by atoms with Crippen LogP contribution in [0, 0.1) is 40.4 Å². The van der Waals surface area contributed by atoms with Crippen molar-refractivity contribution in [3.05, 3.63) is 0 Å². The first-order valence-electron chi connectivity index (χ1n) is 19.8. The third kappa shape index (κ3) is 6.10. The van der Waals surface area contributed by atoms with Crippen LogP contribution in [-0.4, -0.2) is 76.0 Å². The van der Waals surface area contributed by atoms with Crippen molar-refractivity contribution in [2.45, 2.75) is 166 Å². The second-order valence-electron chi connectivity index (χ2n) is 16.6. The molecule has 0 amide bonds. The Labute approximate surface area is 290 Å². The van der Waals surface area contributed by atoms with Crippen LogP contribution in [0.2, 0.25) is 0 Å². The second-order valence-corrected chi connectivity index (χ2v) is 16.6. The Morgan fingerprint density at radius 1 is 0.854 bits per heavy atom. The number of unbranched alkanes of at least 4 members (excludes halogenated alkanes) is 12. The highest BCUT2D eigenvalue weighted by atomic mass is 16.6. The fourth-order valence-corrected chi connectivity index (χ4v) is 12.6. The van der Waals surface area contributed by atoms with Gasteiger partial charge >= 0.3 is 11.9 Å². The lowest BCUT2D eigenvalue weighted by atomic mass is 9.44. The van der Waals surface area contributed by atoms with Gasteiger partial charge < -0.3 is 23.7 Å². The molecule has 5 saturated carbocycles. The van der Waals surface area contributed by atoms with E-state index in [4.69, 9.17) is 28.7 Å². The summed E-state index contributed by atoms with van der Waals surface area (Å²) in [7, 11) is 5.41. The topological polar surface area (TPSA) is 92.7 Å². The number of hydrogen-bond donors (Lipinski definition) is 0. The number of methoxy groups -OCH3 is 3. The van der Waals surface area contributed by atoms with Crippen LogP contribution >= 0.6 is 0 Å². The van der Waals surface area contributed by atoms with Crippen molar-refractivity contribution in [1.29, 1.82) is 0 Å². The maximum Gasteiger partial charge on any atom is 0.306 e. The molecule has 0 aromatic carbocycles. The third-order valence-electron chi connectivity index (χ3n) is 14.3. The lowest BCUT2D eigenvalue weighted by Gasteiger charge is -2.64. The van der Waals surface area contributed by atoms with Gasteiger partial charge in [-0.05, 0) is 43.9 Å². The molecule has 0 aromatic rings. The van der Waals surface area contributed by atoms with E-state index in [0.717, 1.165) is 38.5 Å². The zero-order chi connectivity index (χ0) is 33.9. The molecule has 5 fully saturated rings. The molecule has 8 heteroatoms. The predicted octanol–water partition coefficient (Wildman–Crippen LogP) is 7.88. The summed E-state index contributed by atoms with van der Waals surface area (Å²) >= 11 is 0. The van der Waals surface area contributed by atoms with Gasteiger partial charge in [0.15, 0.2) is 0 Å². The van der Waals surface area contributed by atoms with Gasteiger partial charge in [0, 0.05) is 75.9 Å². The fraction of sp³-hybridized carbons (Fsp3) is 0.925. The number of ether oxygens (including phenoxy) is 5. The van der Waals surface area contributed by atoms with E-state index in [2.05, 4.69) is 13.1 Å². The number of carbonyl (C=O) groups is 2. The minimum absolute atomic E-state index is 0.00968. The van der Waals surface area contributed by atoms with Crippen LogP contribution in [0.4, 0.5) is 0 Å². The zero-order valence-electron chi connectivity index (χ0n) is 30.7. The lowest BCUT2D eigenvalue weighted by Crippen LogP contribution is -2.71. The molecule has 0 N–H and O–H groups in total. The molecule has 8 nitrogen and oxygen atoms in total. The summed E-state index contributed by atoms with van der Waals surface area (Å²) in [5.74, 6) is 0.104. The molecule has 7 bridgehead atoms. The first-order chi connectivity index (χ1) is 23.3. The van der Waals surface area contributed by atoms with Crippen LogP contribution in [0.3, 0.4) is 0 Å². The second kappa shape index (κ2) is 15.4. The molecule has 1 heterocycles. The van der Waals surface area contributed by atoms with Crippen LogP contribution in [0.5, 0.6) is 0 Å². The van der Waals surface area contributed by atoms with E-state index >= 15 is 0 Å². The zero-order valence-corrected chi connectivity index (χ0v) is 30.7. The summed E-state index contributed by atoms with van der Waals surface area (Å²) in [6.07, 6.45) is 23.1. The van der Waals surface area contributed by atoms with Gasteiger partial charge in [-0.2, -0.15) is 0 Å². The molecule has 0 aromatic heterocycles. The number of rotatable bonds is 20. The van der Waals surface area contributed by atoms with E-state index in [1.165, 1.54) is 77.6 Å². The van der Waals surface area contributed by atoms with E-state index in [0.29, 0.717) is 25.4 Å². The van der Waals surface area contributed by atoms with E-state index in [-0.39, 0.29) is 70.8 Å². The number of hydrogen-bond acceptors (Lipinski definition) is 8. The molecular weight excluding hydrogens is 606 g/mol. The number of fused-ring (bicyclic) bond motifs is 2. The Morgan fingerprint density at radius 3 is 2.12 bits per heavy atom. The summed E-state index contributed by atoms with van der Waals surface area (Å²) in [4.78, 5) is 32.0. The summed E-state index contributed by atoms with van der Waals surface area (Å²) in [6.45, 7) is 4.42. The molecule has 1 aliphatic heterocycles. The van der Waals surface area contributed by atoms with E-state index in [1.807, 2.05) is 7.11 Å². The fourth-order valence-electron chi connectivity index (χ4n) is 12.6. The van der Waals surface area contributed by atoms with Crippen molar-refractivity contribution in [3.63, 3.8) is 0 Å². The van der Waals surface area contributed by atoms with Crippen molar-refractivity contribution in [3.8, 4) is 0 Å². The van der Waals surface area contributed by atoms with E-state index < -0.39 is 5.60 Å². The molecule has 0 saturated heterocycles. The van der Waals surface area contributed by atoms with Gasteiger partial charge in [0.25, 0.3) is 0 Å². The average Bonchev–Trinajstić information content (AvgIpc) is 3.48. The lowest BCUT2D eigenvalue weighted by molar-refractivity contribution is -0.247. The molecule has 1 spiro atoms. The van der Waals surface area contributed by atoms with Crippen LogP contribution in [0.1, 0.15) is 136 Å². The van der Waals surface area contributed by atoms with Crippen molar-refractivity contribution >= 4 is 18.2 Å². The number of esters is 2. The van der Waals surface area contributed by atoms with Crippen molar-refractivity contribution in [2.75, 3.05) is 27.9 Å². The van der Waals surface area contributed by atoms with Crippen LogP contribution in [0.25, 0.3) is 0 Å². The highest BCUT2D eigenvalue weighted by Gasteiger charge is 2.84. The Balaban J connectivity index is 1.15. The van der Waals surface area contributed by atoms with Gasteiger partial charge in [0.2, 0.25) is 0 Å². The largest absolute Gasteiger partial charge is 0.462 e. The Morgan fingerprint density at radius 2 is 1.52 bits per heavy atom. The SMILES string of the molecule is CCCCCCCCCCCCCCCC(=O)O[C@]12CC(OC)[C@H]3C[C@H]([C@@H]1C3OC(C)=O)[C@@]13C(OC)CC[C@@]4(COC)C=N[C@@H]1[C@@H]2C[C@H]43. The Kier molecular flexibility index (Phi) is 11.6. The molecule has 48 heavy (non-hydrogen) atoms. The first kappa shape index (κ1) is 36.3. The van der Waals surface area contributed by atoms with Crippen molar-refractivity contribution < 1.29 is 33.3 Å². The summed E-state index contributed by atoms with van der Waals surface area (Å²) in [5, 5.41) is 0. The maximum absolute atomic E-state index is 13.9. The minimum Gasteiger partial charge on any atom is -0.462 e. The summed E-state index contributed by atoms with van der Waals surface area (Å²) < 4.78 is 31.7. The van der Waals surface area contributed by atoms with Crippen LogP contribution in [0.15, 0.2) is 4.99 Å². The number of carbonyl (C=O) groups excluding carboxylic acids is 2. The Bertz CT molecular complexity index is 1140. The number of nitrogens with zero attached hydrogens (tertiary/aromatic N) is 1. The van der Waals surface area contributed by atoms with Gasteiger partial charge in [-0.15, -0.1) is 0 Å². The van der Waals surface area contributed by atoms with Gasteiger partial charge in [0.1, 0.15) is 11.7 Å². The van der Waals surface area contributed by atoms with Gasteiger partial charge in [-0.3, -0.25) is 14.6 Å². The van der Waals surface area contributed by atoms with Crippen LogP contribution < -0.4 is 0 Å². The van der Waals surface area contributed by atoms with E-state index in [9.17, 15) is 9.59 Å². The smallest absolute Gasteiger partial charge is 0.306 e. The Hall–Kier alpha value is -1.51. The molecule has 6 aliphatic rings. The molecular formula is C40H65NO7. The number of aliphatic imine (C=N–C) groups is 1. The predicted molar refractivity (Wildman–Crippen MR) is 186 cm³/mol. The van der Waals surface area contributed by atoms with Gasteiger partial charge in [-0.25, -0.2) is 0 Å². The highest BCUT2D eigenvalue weighted by Crippen LogP contribution is 2.79. The first-order valence-corrected chi connectivity index (χ1v) is 19.8. The standard InChI is InChI=1S/C40H65NO7/c1-6-7-8-9-10-11-12-13-14-15-16-17-18-19-34(43)48-39-24-31(45-4)28-22-29(35(39)36(28)47-27(2)42)40-32-23-30(39)37(40)41-25-38(32,26-44-3)21-20-33(40)46-5/h25,28-33,35-37H,6-24,26H2,1-5H3/t28-,29-,30+,31?,32-,33?,35-,36?,37-,38+,39+,40-/m1/s1. The average molecular weight is 672 g/mol. The van der Waals surface area contributed by atoms with Gasteiger partial charge in [0.05, 0.1) is 24.9 Å². The quantitative estimate of drug-likeness (QED) is 0.0960. The van der Waals surface area contributed by atoms with Crippen molar-refractivity contribution in [1.82, 2.24) is 0 Å². The van der Waals surface area contributed by atoms with Gasteiger partial charge in [-0.1, -0.05) is 84.0 Å². The van der Waals surface area contributed by atoms with Crippen molar-refractivity contribution in [2.24, 2.45) is 45.4 Å². The summed E-state index contributed by atoms with van der Waals surface area (Å²) in [5.41, 5.74) is -1.13.